The van der Waals surface area contributed by atoms with E-state index in [9.17, 15) is 19.5 Å². The number of ketones is 1. The zero-order valence-corrected chi connectivity index (χ0v) is 11.7. The van der Waals surface area contributed by atoms with Gasteiger partial charge in [0.05, 0.1) is 13.2 Å². The van der Waals surface area contributed by atoms with E-state index in [1.54, 1.807) is 19.1 Å². The summed E-state index contributed by atoms with van der Waals surface area (Å²) in [5, 5.41) is 9.39. The Morgan fingerprint density at radius 2 is 2.19 bits per heavy atom. The number of rotatable bonds is 3. The van der Waals surface area contributed by atoms with Crippen LogP contribution >= 0.6 is 0 Å². The molecule has 21 heavy (non-hydrogen) atoms. The summed E-state index contributed by atoms with van der Waals surface area (Å²) < 4.78 is 4.85. The lowest BCUT2D eigenvalue weighted by Crippen LogP contribution is -2.46. The number of phenolic OH excluding ortho intramolecular Hbond substituents is 1. The molecule has 0 saturated carbocycles. The number of aromatic hydroxyl groups is 1. The fourth-order valence-electron chi connectivity index (χ4n) is 2.31. The van der Waals surface area contributed by atoms with Crippen LogP contribution in [-0.4, -0.2) is 47.4 Å². The molecule has 0 bridgehead atoms. The zero-order valence-electron chi connectivity index (χ0n) is 11.7. The molecule has 1 amide bonds. The molecular weight excluding hydrogens is 274 g/mol. The third-order valence-electron chi connectivity index (χ3n) is 3.37. The van der Waals surface area contributed by atoms with E-state index in [1.165, 1.54) is 17.0 Å². The second kappa shape index (κ2) is 6.39. The summed E-state index contributed by atoms with van der Waals surface area (Å²) in [6, 6.07) is 5.96. The molecule has 2 rings (SSSR count). The van der Waals surface area contributed by atoms with Crippen LogP contribution in [-0.2, 0) is 14.3 Å². The highest BCUT2D eigenvalue weighted by Crippen LogP contribution is 2.19. The second-order valence-electron chi connectivity index (χ2n) is 4.84. The van der Waals surface area contributed by atoms with E-state index in [2.05, 4.69) is 0 Å². The second-order valence-corrected chi connectivity index (χ2v) is 4.84. The number of piperidine rings is 1. The van der Waals surface area contributed by atoms with E-state index in [4.69, 9.17) is 4.74 Å². The lowest BCUT2D eigenvalue weighted by Gasteiger charge is -2.29. The van der Waals surface area contributed by atoms with Crippen molar-refractivity contribution in [3.8, 4) is 5.75 Å². The lowest BCUT2D eigenvalue weighted by atomic mass is 9.95. The highest BCUT2D eigenvalue weighted by atomic mass is 16.5. The molecule has 0 aromatic heterocycles. The zero-order chi connectivity index (χ0) is 15.4. The highest BCUT2D eigenvalue weighted by molar-refractivity contribution is 6.04. The molecule has 1 heterocycles. The van der Waals surface area contributed by atoms with Crippen molar-refractivity contribution < 1.29 is 24.2 Å². The lowest BCUT2D eigenvalue weighted by molar-refractivity contribution is -0.153. The maximum absolute atomic E-state index is 12.2. The van der Waals surface area contributed by atoms with Crippen LogP contribution in [0.1, 0.15) is 23.7 Å². The Labute approximate surface area is 122 Å². The first-order chi connectivity index (χ1) is 10.0. The van der Waals surface area contributed by atoms with Crippen LogP contribution in [0.3, 0.4) is 0 Å². The van der Waals surface area contributed by atoms with E-state index in [-0.39, 0.29) is 37.0 Å². The van der Waals surface area contributed by atoms with Crippen LogP contribution in [0.15, 0.2) is 24.3 Å². The molecule has 0 radical (unpaired) electrons. The average molecular weight is 291 g/mol. The van der Waals surface area contributed by atoms with Gasteiger partial charge >= 0.3 is 5.97 Å². The minimum absolute atomic E-state index is 0.00594. The Hall–Kier alpha value is -2.37. The topological polar surface area (TPSA) is 83.9 Å². The summed E-state index contributed by atoms with van der Waals surface area (Å²) in [6.07, 6.45) is 0.266. The van der Waals surface area contributed by atoms with Gasteiger partial charge in [0, 0.05) is 12.1 Å². The van der Waals surface area contributed by atoms with E-state index in [0.717, 1.165) is 0 Å². The summed E-state index contributed by atoms with van der Waals surface area (Å²) in [4.78, 5) is 37.2. The summed E-state index contributed by atoms with van der Waals surface area (Å²) >= 11 is 0. The molecule has 6 nitrogen and oxygen atoms in total. The molecule has 0 aliphatic carbocycles. The van der Waals surface area contributed by atoms with E-state index < -0.39 is 11.9 Å². The van der Waals surface area contributed by atoms with Crippen molar-refractivity contribution in [3.05, 3.63) is 29.8 Å². The van der Waals surface area contributed by atoms with E-state index in [1.807, 2.05) is 0 Å². The standard InChI is InChI=1S/C15H17NO5/c1-2-21-15(20)12-6-7-16(9-13(12)18)14(19)10-4-3-5-11(17)8-10/h3-5,8,12,17H,2,6-7,9H2,1H3. The van der Waals surface area contributed by atoms with Gasteiger partial charge in [-0.1, -0.05) is 6.07 Å². The molecule has 0 spiro atoms. The summed E-state index contributed by atoms with van der Waals surface area (Å²) in [7, 11) is 0. The number of phenols is 1. The normalized spacial score (nSPS) is 18.4. The first-order valence-electron chi connectivity index (χ1n) is 6.80. The summed E-state index contributed by atoms with van der Waals surface area (Å²) in [5.74, 6) is -1.95. The summed E-state index contributed by atoms with van der Waals surface area (Å²) in [6.45, 7) is 2.11. The molecule has 6 heteroatoms. The minimum Gasteiger partial charge on any atom is -0.508 e. The molecule has 1 aromatic carbocycles. The van der Waals surface area contributed by atoms with Crippen LogP contribution in [0, 0.1) is 5.92 Å². The van der Waals surface area contributed by atoms with Crippen molar-refractivity contribution in [1.82, 2.24) is 4.90 Å². The van der Waals surface area contributed by atoms with Crippen molar-refractivity contribution in [2.45, 2.75) is 13.3 Å². The number of esters is 1. The van der Waals surface area contributed by atoms with Gasteiger partial charge in [-0.15, -0.1) is 0 Å². The first kappa shape index (κ1) is 15.0. The van der Waals surface area contributed by atoms with Gasteiger partial charge < -0.3 is 14.7 Å². The monoisotopic (exact) mass is 291 g/mol. The molecule has 1 saturated heterocycles. The molecular formula is C15H17NO5. The maximum Gasteiger partial charge on any atom is 0.316 e. The fraction of sp³-hybridized carbons (Fsp3) is 0.400. The van der Waals surface area contributed by atoms with Crippen molar-refractivity contribution in [3.63, 3.8) is 0 Å². The summed E-state index contributed by atoms with van der Waals surface area (Å²) in [5.41, 5.74) is 0.317. The van der Waals surface area contributed by atoms with Gasteiger partial charge in [-0.2, -0.15) is 0 Å². The number of carbonyl (C=O) groups is 3. The smallest absolute Gasteiger partial charge is 0.316 e. The molecule has 1 N–H and O–H groups in total. The van der Waals surface area contributed by atoms with Gasteiger partial charge in [0.2, 0.25) is 0 Å². The van der Waals surface area contributed by atoms with Gasteiger partial charge in [0.1, 0.15) is 11.7 Å². The Morgan fingerprint density at radius 3 is 2.81 bits per heavy atom. The van der Waals surface area contributed by atoms with Crippen LogP contribution in [0.2, 0.25) is 0 Å². The Bertz CT molecular complexity index is 569. The molecule has 1 fully saturated rings. The van der Waals surface area contributed by atoms with Crippen molar-refractivity contribution in [2.75, 3.05) is 19.7 Å². The third-order valence-corrected chi connectivity index (χ3v) is 3.37. The van der Waals surface area contributed by atoms with Crippen molar-refractivity contribution in [2.24, 2.45) is 5.92 Å². The van der Waals surface area contributed by atoms with Crippen LogP contribution < -0.4 is 0 Å². The highest BCUT2D eigenvalue weighted by Gasteiger charge is 2.35. The van der Waals surface area contributed by atoms with Crippen LogP contribution in [0.4, 0.5) is 0 Å². The maximum atomic E-state index is 12.2. The van der Waals surface area contributed by atoms with Gasteiger partial charge in [-0.25, -0.2) is 0 Å². The number of hydrogen-bond donors (Lipinski definition) is 1. The number of ether oxygens (including phenoxy) is 1. The molecule has 1 atom stereocenters. The number of nitrogens with zero attached hydrogens (tertiary/aromatic N) is 1. The predicted molar refractivity (Wildman–Crippen MR) is 73.8 cm³/mol. The van der Waals surface area contributed by atoms with E-state index >= 15 is 0 Å². The van der Waals surface area contributed by atoms with Gasteiger partial charge in [0.25, 0.3) is 5.91 Å². The molecule has 1 unspecified atom stereocenters. The number of carbonyl (C=O) groups excluding carboxylic acids is 3. The number of amides is 1. The number of benzene rings is 1. The van der Waals surface area contributed by atoms with Crippen LogP contribution in [0.25, 0.3) is 0 Å². The molecule has 1 aliphatic rings. The Kier molecular flexibility index (Phi) is 4.57. The first-order valence-corrected chi connectivity index (χ1v) is 6.80. The molecule has 1 aliphatic heterocycles. The Balaban J connectivity index is 2.04. The quantitative estimate of drug-likeness (QED) is 0.663. The van der Waals surface area contributed by atoms with E-state index in [0.29, 0.717) is 12.1 Å². The van der Waals surface area contributed by atoms with Gasteiger partial charge in [-0.3, -0.25) is 14.4 Å². The average Bonchev–Trinajstić information content (AvgIpc) is 2.46. The fourth-order valence-corrected chi connectivity index (χ4v) is 2.31. The number of Topliss-reactive ketones (excluding diaryl/α,β-unsaturated/α-hetero) is 1. The predicted octanol–water partition coefficient (Wildman–Crippen LogP) is 0.986. The van der Waals surface area contributed by atoms with Gasteiger partial charge in [-0.05, 0) is 31.5 Å². The number of likely N-dealkylation sites (tertiary alicyclic amines) is 1. The third kappa shape index (κ3) is 3.39. The van der Waals surface area contributed by atoms with Crippen LogP contribution in [0.5, 0.6) is 5.75 Å². The van der Waals surface area contributed by atoms with Gasteiger partial charge in [0.15, 0.2) is 5.78 Å². The number of hydrogen-bond acceptors (Lipinski definition) is 5. The SMILES string of the molecule is CCOC(=O)C1CCN(C(=O)c2cccc(O)c2)CC1=O. The molecule has 1 aromatic rings. The largest absolute Gasteiger partial charge is 0.508 e. The Morgan fingerprint density at radius 1 is 1.43 bits per heavy atom. The minimum atomic E-state index is -0.779. The molecule has 112 valence electrons. The van der Waals surface area contributed by atoms with Crippen molar-refractivity contribution >= 4 is 17.7 Å². The van der Waals surface area contributed by atoms with Crippen molar-refractivity contribution in [1.29, 1.82) is 0 Å².